The number of rotatable bonds is 4. The predicted octanol–water partition coefficient (Wildman–Crippen LogP) is 1.33. The van der Waals surface area contributed by atoms with Crippen LogP contribution in [-0.2, 0) is 10.0 Å². The highest BCUT2D eigenvalue weighted by molar-refractivity contribution is 7.91. The number of aryl methyl sites for hydroxylation is 2. The van der Waals surface area contributed by atoms with Crippen LogP contribution in [0.4, 0.5) is 0 Å². The average Bonchev–Trinajstić information content (AvgIpc) is 2.57. The molecule has 0 aliphatic carbocycles. The number of likely N-dealkylation sites (N-methyl/N-ethyl adjacent to an activating group) is 1. The summed E-state index contributed by atoms with van der Waals surface area (Å²) in [5.74, 6) is 0. The van der Waals surface area contributed by atoms with Gasteiger partial charge in [-0.2, -0.15) is 4.31 Å². The van der Waals surface area contributed by atoms with E-state index in [1.54, 1.807) is 20.0 Å². The van der Waals surface area contributed by atoms with Gasteiger partial charge in [-0.05, 0) is 32.4 Å². The van der Waals surface area contributed by atoms with Crippen LogP contribution in [0.15, 0.2) is 10.3 Å². The van der Waals surface area contributed by atoms with Crippen molar-refractivity contribution in [2.45, 2.75) is 31.0 Å². The fraction of sp³-hybridized carbons (Fsp3) is 0.600. The third-order valence-corrected chi connectivity index (χ3v) is 6.31. The Hall–Kier alpha value is -0.430. The molecule has 6 heteroatoms. The van der Waals surface area contributed by atoms with E-state index in [9.17, 15) is 8.42 Å². The summed E-state index contributed by atoms with van der Waals surface area (Å²) in [6.45, 7) is 5.95. The molecular weight excluding hydrogens is 244 g/mol. The van der Waals surface area contributed by atoms with E-state index in [4.69, 9.17) is 5.73 Å². The monoisotopic (exact) mass is 262 g/mol. The zero-order valence-electron chi connectivity index (χ0n) is 10.0. The Morgan fingerprint density at radius 2 is 2.06 bits per heavy atom. The second-order valence-electron chi connectivity index (χ2n) is 3.91. The van der Waals surface area contributed by atoms with Gasteiger partial charge in [0.2, 0.25) is 0 Å². The summed E-state index contributed by atoms with van der Waals surface area (Å²) in [4.78, 5) is 1.03. The average molecular weight is 262 g/mol. The SMILES string of the molecule is Cc1cc(S(=O)(=O)N(C)[C@@H](C)CN)sc1C. The molecule has 0 saturated carbocycles. The van der Waals surface area contributed by atoms with E-state index in [0.29, 0.717) is 10.8 Å². The summed E-state index contributed by atoms with van der Waals surface area (Å²) in [5, 5.41) is 0. The second kappa shape index (κ2) is 4.83. The minimum absolute atomic E-state index is 0.187. The van der Waals surface area contributed by atoms with Crippen molar-refractivity contribution in [1.29, 1.82) is 0 Å². The van der Waals surface area contributed by atoms with Gasteiger partial charge in [-0.15, -0.1) is 11.3 Å². The number of nitrogens with zero attached hydrogens (tertiary/aromatic N) is 1. The molecule has 0 amide bonds. The Kier molecular flexibility index (Phi) is 4.12. The van der Waals surface area contributed by atoms with E-state index in [2.05, 4.69) is 0 Å². The number of hydrogen-bond donors (Lipinski definition) is 1. The van der Waals surface area contributed by atoms with Crippen LogP contribution in [0.2, 0.25) is 0 Å². The van der Waals surface area contributed by atoms with Gasteiger partial charge in [0.1, 0.15) is 4.21 Å². The van der Waals surface area contributed by atoms with Gasteiger partial charge in [0, 0.05) is 24.5 Å². The van der Waals surface area contributed by atoms with Crippen LogP contribution in [0.25, 0.3) is 0 Å². The molecule has 1 rings (SSSR count). The first-order valence-corrected chi connectivity index (χ1v) is 7.31. The van der Waals surface area contributed by atoms with Crippen LogP contribution in [0.3, 0.4) is 0 Å². The molecule has 0 aliphatic heterocycles. The lowest BCUT2D eigenvalue weighted by atomic mass is 10.3. The number of thiophene rings is 1. The molecular formula is C10H18N2O2S2. The molecule has 4 nitrogen and oxygen atoms in total. The first-order chi connectivity index (χ1) is 7.30. The third-order valence-electron chi connectivity index (χ3n) is 2.74. The minimum Gasteiger partial charge on any atom is -0.329 e. The standard InChI is InChI=1S/C10H18N2O2S2/c1-7-5-10(15-9(7)3)16(13,14)12(4)8(2)6-11/h5,8H,6,11H2,1-4H3/t8-/m0/s1. The summed E-state index contributed by atoms with van der Waals surface area (Å²) in [6, 6.07) is 1.53. The number of sulfonamides is 1. The lowest BCUT2D eigenvalue weighted by Gasteiger charge is -2.21. The largest absolute Gasteiger partial charge is 0.329 e. The van der Waals surface area contributed by atoms with E-state index in [-0.39, 0.29) is 6.04 Å². The Balaban J connectivity index is 3.11. The van der Waals surface area contributed by atoms with Crippen molar-refractivity contribution in [3.05, 3.63) is 16.5 Å². The van der Waals surface area contributed by atoms with Gasteiger partial charge in [0.15, 0.2) is 0 Å². The van der Waals surface area contributed by atoms with Crippen molar-refractivity contribution in [2.24, 2.45) is 5.73 Å². The van der Waals surface area contributed by atoms with E-state index in [0.717, 1.165) is 10.4 Å². The summed E-state index contributed by atoms with van der Waals surface area (Å²) < 4.78 is 26.1. The van der Waals surface area contributed by atoms with Crippen molar-refractivity contribution in [3.63, 3.8) is 0 Å². The molecule has 0 unspecified atom stereocenters. The zero-order valence-corrected chi connectivity index (χ0v) is 11.7. The van der Waals surface area contributed by atoms with Crippen LogP contribution in [0.5, 0.6) is 0 Å². The quantitative estimate of drug-likeness (QED) is 0.890. The molecule has 0 aliphatic rings. The summed E-state index contributed by atoms with van der Waals surface area (Å²) in [7, 11) is -1.81. The normalized spacial score (nSPS) is 14.4. The maximum atomic E-state index is 12.2. The molecule has 0 saturated heterocycles. The van der Waals surface area contributed by atoms with Crippen LogP contribution >= 0.6 is 11.3 Å². The van der Waals surface area contributed by atoms with E-state index in [1.807, 2.05) is 13.8 Å². The van der Waals surface area contributed by atoms with Gasteiger partial charge in [-0.3, -0.25) is 0 Å². The van der Waals surface area contributed by atoms with Crippen molar-refractivity contribution in [3.8, 4) is 0 Å². The molecule has 0 bridgehead atoms. The summed E-state index contributed by atoms with van der Waals surface area (Å²) >= 11 is 1.31. The van der Waals surface area contributed by atoms with Crippen LogP contribution < -0.4 is 5.73 Å². The zero-order chi connectivity index (χ0) is 12.5. The van der Waals surface area contributed by atoms with Crippen molar-refractivity contribution in [2.75, 3.05) is 13.6 Å². The topological polar surface area (TPSA) is 63.4 Å². The molecule has 0 radical (unpaired) electrons. The van der Waals surface area contributed by atoms with Gasteiger partial charge in [0.25, 0.3) is 10.0 Å². The Morgan fingerprint density at radius 1 is 1.50 bits per heavy atom. The Labute approximate surface area is 101 Å². The molecule has 92 valence electrons. The summed E-state index contributed by atoms with van der Waals surface area (Å²) in [5.41, 5.74) is 6.49. The van der Waals surface area contributed by atoms with Gasteiger partial charge in [-0.1, -0.05) is 0 Å². The molecule has 0 spiro atoms. The third kappa shape index (κ3) is 2.45. The van der Waals surface area contributed by atoms with Gasteiger partial charge in [-0.25, -0.2) is 8.42 Å². The predicted molar refractivity (Wildman–Crippen MR) is 67.3 cm³/mol. The molecule has 1 aromatic heterocycles. The lowest BCUT2D eigenvalue weighted by molar-refractivity contribution is 0.395. The smallest absolute Gasteiger partial charge is 0.252 e. The fourth-order valence-corrected chi connectivity index (χ4v) is 4.27. The van der Waals surface area contributed by atoms with Gasteiger partial charge >= 0.3 is 0 Å². The molecule has 1 heterocycles. The highest BCUT2D eigenvalue weighted by Crippen LogP contribution is 2.27. The molecule has 1 aromatic rings. The molecule has 1 atom stereocenters. The lowest BCUT2D eigenvalue weighted by Crippen LogP contribution is -2.39. The first kappa shape index (κ1) is 13.6. The first-order valence-electron chi connectivity index (χ1n) is 5.05. The highest BCUT2D eigenvalue weighted by Gasteiger charge is 2.26. The maximum Gasteiger partial charge on any atom is 0.252 e. The number of hydrogen-bond acceptors (Lipinski definition) is 4. The fourth-order valence-electron chi connectivity index (χ4n) is 1.19. The van der Waals surface area contributed by atoms with Crippen molar-refractivity contribution < 1.29 is 8.42 Å². The van der Waals surface area contributed by atoms with Crippen molar-refractivity contribution >= 4 is 21.4 Å². The van der Waals surface area contributed by atoms with Crippen LogP contribution in [0, 0.1) is 13.8 Å². The number of nitrogens with two attached hydrogens (primary N) is 1. The second-order valence-corrected chi connectivity index (χ2v) is 7.39. The van der Waals surface area contributed by atoms with E-state index >= 15 is 0 Å². The maximum absolute atomic E-state index is 12.2. The van der Waals surface area contributed by atoms with Crippen LogP contribution in [-0.4, -0.2) is 32.4 Å². The van der Waals surface area contributed by atoms with E-state index < -0.39 is 10.0 Å². The Bertz CT molecular complexity index is 446. The molecule has 0 aromatic carbocycles. The van der Waals surface area contributed by atoms with E-state index in [1.165, 1.54) is 15.6 Å². The van der Waals surface area contributed by atoms with Gasteiger partial charge in [0.05, 0.1) is 0 Å². The van der Waals surface area contributed by atoms with Crippen molar-refractivity contribution in [1.82, 2.24) is 4.31 Å². The highest BCUT2D eigenvalue weighted by atomic mass is 32.2. The van der Waals surface area contributed by atoms with Gasteiger partial charge < -0.3 is 5.73 Å². The molecule has 0 fully saturated rings. The molecule has 2 N–H and O–H groups in total. The Morgan fingerprint density at radius 3 is 2.44 bits per heavy atom. The minimum atomic E-state index is -3.38. The molecule has 16 heavy (non-hydrogen) atoms. The van der Waals surface area contributed by atoms with Crippen LogP contribution in [0.1, 0.15) is 17.4 Å². The summed E-state index contributed by atoms with van der Waals surface area (Å²) in [6.07, 6.45) is 0.